The molecule has 0 aliphatic rings. The summed E-state index contributed by atoms with van der Waals surface area (Å²) in [5, 5.41) is 5.56. The van der Waals surface area contributed by atoms with E-state index in [2.05, 4.69) is 10.6 Å². The highest BCUT2D eigenvalue weighted by Gasteiger charge is 2.11. The molecule has 0 atom stereocenters. The van der Waals surface area contributed by atoms with Crippen LogP contribution in [0.1, 0.15) is 21.7 Å². The van der Waals surface area contributed by atoms with E-state index in [0.29, 0.717) is 23.6 Å². The first-order chi connectivity index (χ1) is 13.5. The lowest BCUT2D eigenvalue weighted by molar-refractivity contribution is 0.0948. The van der Waals surface area contributed by atoms with E-state index in [1.54, 1.807) is 43.6 Å². The van der Waals surface area contributed by atoms with Gasteiger partial charge >= 0.3 is 6.03 Å². The van der Waals surface area contributed by atoms with Crippen LogP contribution in [0.15, 0.2) is 71.3 Å². The summed E-state index contributed by atoms with van der Waals surface area (Å²) in [6, 6.07) is 15.8. The molecule has 1 aromatic heterocycles. The number of carbonyl (C=O) groups excluding carboxylic acids is 2. The van der Waals surface area contributed by atoms with Crippen LogP contribution >= 0.6 is 0 Å². The first-order valence-corrected chi connectivity index (χ1v) is 8.69. The molecule has 0 aliphatic heterocycles. The predicted molar refractivity (Wildman–Crippen MR) is 103 cm³/mol. The zero-order chi connectivity index (χ0) is 19.9. The lowest BCUT2D eigenvalue weighted by atomic mass is 10.1. The van der Waals surface area contributed by atoms with Crippen LogP contribution in [0.3, 0.4) is 0 Å². The highest BCUT2D eigenvalue weighted by molar-refractivity contribution is 5.94. The minimum absolute atomic E-state index is 0.229. The van der Waals surface area contributed by atoms with E-state index in [1.807, 2.05) is 6.07 Å². The fraction of sp³-hybridized carbons (Fsp3) is 0.143. The normalized spacial score (nSPS) is 10.4. The fourth-order valence-electron chi connectivity index (χ4n) is 2.58. The van der Waals surface area contributed by atoms with E-state index in [9.17, 15) is 14.0 Å². The molecule has 0 unspecified atom stereocenters. The summed E-state index contributed by atoms with van der Waals surface area (Å²) >= 11 is 0. The van der Waals surface area contributed by atoms with Gasteiger partial charge in [-0.25, -0.2) is 9.18 Å². The Hall–Kier alpha value is -3.61. The Bertz CT molecular complexity index is 940. The molecule has 0 aliphatic carbocycles. The van der Waals surface area contributed by atoms with E-state index in [-0.39, 0.29) is 24.3 Å². The van der Waals surface area contributed by atoms with E-state index in [1.165, 1.54) is 29.2 Å². The van der Waals surface area contributed by atoms with Gasteiger partial charge in [0.1, 0.15) is 11.6 Å². The third-order valence-corrected chi connectivity index (χ3v) is 4.15. The molecular weight excluding hydrogens is 361 g/mol. The molecule has 1 heterocycles. The maximum absolute atomic E-state index is 13.0. The molecule has 2 aromatic carbocycles. The van der Waals surface area contributed by atoms with Crippen molar-refractivity contribution in [3.8, 4) is 0 Å². The van der Waals surface area contributed by atoms with Crippen LogP contribution in [0.25, 0.3) is 0 Å². The Balaban J connectivity index is 1.55. The van der Waals surface area contributed by atoms with Gasteiger partial charge in [0.25, 0.3) is 5.91 Å². The summed E-state index contributed by atoms with van der Waals surface area (Å²) in [5.41, 5.74) is 1.85. The van der Waals surface area contributed by atoms with Crippen molar-refractivity contribution in [2.75, 3.05) is 11.9 Å². The van der Waals surface area contributed by atoms with Crippen molar-refractivity contribution >= 4 is 17.6 Å². The summed E-state index contributed by atoms with van der Waals surface area (Å²) in [4.78, 5) is 25.9. The second-order valence-corrected chi connectivity index (χ2v) is 6.16. The molecule has 3 amide bonds. The quantitative estimate of drug-likeness (QED) is 0.684. The molecule has 0 spiro atoms. The van der Waals surface area contributed by atoms with Crippen molar-refractivity contribution in [3.05, 3.63) is 89.6 Å². The monoisotopic (exact) mass is 381 g/mol. The maximum Gasteiger partial charge on any atom is 0.321 e. The summed E-state index contributed by atoms with van der Waals surface area (Å²) in [6.45, 7) is 0.554. The lowest BCUT2D eigenvalue weighted by Crippen LogP contribution is -2.36. The highest BCUT2D eigenvalue weighted by atomic mass is 19.1. The number of hydrogen-bond acceptors (Lipinski definition) is 3. The number of amides is 3. The molecular formula is C21H20FN3O3. The van der Waals surface area contributed by atoms with Gasteiger partial charge in [-0.2, -0.15) is 0 Å². The first kappa shape index (κ1) is 19.2. The fourth-order valence-corrected chi connectivity index (χ4v) is 2.58. The molecule has 0 bridgehead atoms. The zero-order valence-corrected chi connectivity index (χ0v) is 15.3. The standard InChI is InChI=1S/C21H20FN3O3/c1-25(18-9-7-17(22)8-10-18)21(27)24-13-15-4-2-5-16(12-15)20(26)23-14-19-6-3-11-28-19/h2-12H,13-14H2,1H3,(H,23,26)(H,24,27). The summed E-state index contributed by atoms with van der Waals surface area (Å²) in [6.07, 6.45) is 1.55. The van der Waals surface area contributed by atoms with Gasteiger partial charge < -0.3 is 15.1 Å². The van der Waals surface area contributed by atoms with Crippen LogP contribution in [0.4, 0.5) is 14.9 Å². The zero-order valence-electron chi connectivity index (χ0n) is 15.3. The van der Waals surface area contributed by atoms with Crippen molar-refractivity contribution in [3.63, 3.8) is 0 Å². The van der Waals surface area contributed by atoms with Crippen molar-refractivity contribution in [1.29, 1.82) is 0 Å². The molecule has 7 heteroatoms. The molecule has 2 N–H and O–H groups in total. The maximum atomic E-state index is 13.0. The van der Waals surface area contributed by atoms with E-state index < -0.39 is 0 Å². The molecule has 0 radical (unpaired) electrons. The van der Waals surface area contributed by atoms with Gasteiger partial charge in [0.2, 0.25) is 0 Å². The molecule has 0 saturated carbocycles. The van der Waals surface area contributed by atoms with Crippen LogP contribution in [0.2, 0.25) is 0 Å². The minimum Gasteiger partial charge on any atom is -0.467 e. The number of rotatable bonds is 6. The van der Waals surface area contributed by atoms with Crippen molar-refractivity contribution in [2.24, 2.45) is 0 Å². The van der Waals surface area contributed by atoms with Crippen LogP contribution in [0, 0.1) is 5.82 Å². The van der Waals surface area contributed by atoms with Gasteiger partial charge in [0.05, 0.1) is 12.8 Å². The molecule has 28 heavy (non-hydrogen) atoms. The average molecular weight is 381 g/mol. The second-order valence-electron chi connectivity index (χ2n) is 6.16. The Kier molecular flexibility index (Phi) is 6.06. The number of furan rings is 1. The van der Waals surface area contributed by atoms with E-state index >= 15 is 0 Å². The number of anilines is 1. The number of halogens is 1. The van der Waals surface area contributed by atoms with Crippen LogP contribution in [-0.2, 0) is 13.1 Å². The summed E-state index contributed by atoms with van der Waals surface area (Å²) < 4.78 is 18.2. The third-order valence-electron chi connectivity index (χ3n) is 4.15. The van der Waals surface area contributed by atoms with Gasteiger partial charge in [-0.15, -0.1) is 0 Å². The molecule has 0 fully saturated rings. The Morgan fingerprint density at radius 1 is 1.00 bits per heavy atom. The Labute approximate surface area is 162 Å². The van der Waals surface area contributed by atoms with E-state index in [0.717, 1.165) is 5.56 Å². The molecule has 0 saturated heterocycles. The van der Waals surface area contributed by atoms with Gasteiger partial charge in [-0.1, -0.05) is 12.1 Å². The SMILES string of the molecule is CN(C(=O)NCc1cccc(C(=O)NCc2ccco2)c1)c1ccc(F)cc1. The Morgan fingerprint density at radius 3 is 2.50 bits per heavy atom. The van der Waals surface area contributed by atoms with Crippen molar-refractivity contribution in [1.82, 2.24) is 10.6 Å². The molecule has 144 valence electrons. The molecule has 3 aromatic rings. The highest BCUT2D eigenvalue weighted by Crippen LogP contribution is 2.13. The lowest BCUT2D eigenvalue weighted by Gasteiger charge is -2.18. The number of hydrogen-bond donors (Lipinski definition) is 2. The minimum atomic E-state index is -0.361. The second kappa shape index (κ2) is 8.85. The van der Waals surface area contributed by atoms with Gasteiger partial charge in [0.15, 0.2) is 0 Å². The average Bonchev–Trinajstić information content (AvgIpc) is 3.24. The van der Waals surface area contributed by atoms with Gasteiger partial charge in [-0.3, -0.25) is 9.69 Å². The number of nitrogens with zero attached hydrogens (tertiary/aromatic N) is 1. The first-order valence-electron chi connectivity index (χ1n) is 8.69. The summed E-state index contributed by atoms with van der Waals surface area (Å²) in [5.74, 6) is 0.0771. The van der Waals surface area contributed by atoms with Crippen LogP contribution in [0.5, 0.6) is 0 Å². The number of carbonyl (C=O) groups is 2. The Morgan fingerprint density at radius 2 is 1.79 bits per heavy atom. The van der Waals surface area contributed by atoms with Crippen LogP contribution in [-0.4, -0.2) is 19.0 Å². The number of urea groups is 1. The predicted octanol–water partition coefficient (Wildman–Crippen LogP) is 3.69. The van der Waals surface area contributed by atoms with Gasteiger partial charge in [0, 0.05) is 24.8 Å². The summed E-state index contributed by atoms with van der Waals surface area (Å²) in [7, 11) is 1.60. The largest absolute Gasteiger partial charge is 0.467 e. The van der Waals surface area contributed by atoms with E-state index in [4.69, 9.17) is 4.42 Å². The molecule has 3 rings (SSSR count). The topological polar surface area (TPSA) is 74.6 Å². The number of benzene rings is 2. The molecule has 6 nitrogen and oxygen atoms in total. The van der Waals surface area contributed by atoms with Crippen molar-refractivity contribution < 1.29 is 18.4 Å². The van der Waals surface area contributed by atoms with Gasteiger partial charge in [-0.05, 0) is 54.1 Å². The van der Waals surface area contributed by atoms with Crippen LogP contribution < -0.4 is 15.5 Å². The third kappa shape index (κ3) is 4.97. The van der Waals surface area contributed by atoms with Crippen molar-refractivity contribution in [2.45, 2.75) is 13.1 Å². The smallest absolute Gasteiger partial charge is 0.321 e. The number of nitrogens with one attached hydrogen (secondary N) is 2.